The highest BCUT2D eigenvalue weighted by Gasteiger charge is 2.55. The summed E-state index contributed by atoms with van der Waals surface area (Å²) in [6, 6.07) is 11.6. The minimum Gasteiger partial charge on any atom is -0.507 e. The van der Waals surface area contributed by atoms with Gasteiger partial charge in [-0.25, -0.2) is 0 Å². The number of allylic oxidation sites excluding steroid dienone is 2. The molecule has 172 valence electrons. The second-order valence-electron chi connectivity index (χ2n) is 9.66. The fourth-order valence-corrected chi connectivity index (χ4v) is 6.10. The number of carbonyl (C=O) groups excluding carboxylic acids is 2. The van der Waals surface area contributed by atoms with E-state index < -0.39 is 0 Å². The number of fused-ring (bicyclic) bond motifs is 4. The molecule has 2 aromatic carbocycles. The predicted octanol–water partition coefficient (Wildman–Crippen LogP) is 5.09. The first kappa shape index (κ1) is 21.9. The van der Waals surface area contributed by atoms with Gasteiger partial charge in [-0.15, -0.1) is 0 Å². The number of aromatic hydroxyl groups is 1. The lowest BCUT2D eigenvalue weighted by molar-refractivity contribution is -0.138. The number of imide groups is 1. The third-order valence-corrected chi connectivity index (χ3v) is 7.79. The molecule has 0 spiro atoms. The molecule has 33 heavy (non-hydrogen) atoms. The van der Waals surface area contributed by atoms with Crippen molar-refractivity contribution in [2.24, 2.45) is 17.8 Å². The largest absolute Gasteiger partial charge is 0.507 e. The van der Waals surface area contributed by atoms with E-state index in [-0.39, 0.29) is 35.7 Å². The molecule has 2 fully saturated rings. The number of rotatable bonds is 5. The molecule has 2 amide bonds. The van der Waals surface area contributed by atoms with Crippen LogP contribution in [0, 0.1) is 17.8 Å². The minimum atomic E-state index is -0.252. The summed E-state index contributed by atoms with van der Waals surface area (Å²) in [6.07, 6.45) is 5.54. The van der Waals surface area contributed by atoms with Crippen LogP contribution < -0.4 is 0 Å². The number of phenols is 1. The molecule has 2 aromatic rings. The van der Waals surface area contributed by atoms with Crippen molar-refractivity contribution in [3.8, 4) is 5.75 Å². The number of hydrogen-bond acceptors (Lipinski definition) is 4. The van der Waals surface area contributed by atoms with Gasteiger partial charge in [0.1, 0.15) is 5.75 Å². The predicted molar refractivity (Wildman–Crippen MR) is 128 cm³/mol. The lowest BCUT2D eigenvalue weighted by atomic mass is 9.69. The van der Waals surface area contributed by atoms with Crippen molar-refractivity contribution in [1.82, 2.24) is 4.90 Å². The van der Waals surface area contributed by atoms with Crippen LogP contribution in [0.5, 0.6) is 5.75 Å². The van der Waals surface area contributed by atoms with Crippen molar-refractivity contribution in [1.29, 1.82) is 0 Å². The van der Waals surface area contributed by atoms with Crippen molar-refractivity contribution in [3.05, 3.63) is 58.7 Å². The van der Waals surface area contributed by atoms with Crippen LogP contribution in [0.1, 0.15) is 45.1 Å². The van der Waals surface area contributed by atoms with E-state index in [1.54, 1.807) is 13.1 Å². The molecule has 0 unspecified atom stereocenters. The molecule has 0 aromatic heterocycles. The van der Waals surface area contributed by atoms with E-state index in [9.17, 15) is 14.7 Å². The van der Waals surface area contributed by atoms with Gasteiger partial charge in [0.15, 0.2) is 0 Å². The highest BCUT2D eigenvalue weighted by atomic mass is 16.5. The first-order valence-electron chi connectivity index (χ1n) is 11.9. The fraction of sp³-hybridized carbons (Fsp3) is 0.429. The van der Waals surface area contributed by atoms with E-state index in [0.29, 0.717) is 18.8 Å². The zero-order chi connectivity index (χ0) is 23.3. The first-order valence-corrected chi connectivity index (χ1v) is 11.9. The van der Waals surface area contributed by atoms with E-state index in [2.05, 4.69) is 19.9 Å². The van der Waals surface area contributed by atoms with Gasteiger partial charge in [0.2, 0.25) is 11.8 Å². The Balaban J connectivity index is 1.36. The zero-order valence-corrected chi connectivity index (χ0v) is 19.5. The van der Waals surface area contributed by atoms with Crippen molar-refractivity contribution in [3.63, 3.8) is 0 Å². The van der Waals surface area contributed by atoms with E-state index in [0.717, 1.165) is 35.6 Å². The molecule has 2 saturated heterocycles. The van der Waals surface area contributed by atoms with Crippen molar-refractivity contribution < 1.29 is 19.4 Å². The van der Waals surface area contributed by atoms with E-state index in [1.807, 2.05) is 30.3 Å². The maximum Gasteiger partial charge on any atom is 0.233 e. The number of carbonyl (C=O) groups is 2. The average Bonchev–Trinajstić information content (AvgIpc) is 3.34. The highest BCUT2D eigenvalue weighted by molar-refractivity contribution is 6.05. The number of hydrogen-bond donors (Lipinski definition) is 1. The van der Waals surface area contributed by atoms with Gasteiger partial charge in [-0.3, -0.25) is 14.5 Å². The monoisotopic (exact) mass is 445 g/mol. The summed E-state index contributed by atoms with van der Waals surface area (Å²) in [5, 5.41) is 12.1. The molecule has 5 heteroatoms. The SMILES string of the molecule is CCC1=C2[C@@H](CC/C(C)=C/c3ccc(O)c4ccccc34)OC[C@@H]2[C@@H]2C(=O)N(C)C(=O)[C@@H]2C1. The van der Waals surface area contributed by atoms with Crippen LogP contribution in [0.4, 0.5) is 0 Å². The number of likely N-dealkylation sites (tertiary alicyclic amines) is 1. The van der Waals surface area contributed by atoms with Gasteiger partial charge in [0.05, 0.1) is 24.5 Å². The zero-order valence-electron chi connectivity index (χ0n) is 19.5. The van der Waals surface area contributed by atoms with Crippen LogP contribution in [0.15, 0.2) is 53.1 Å². The topological polar surface area (TPSA) is 66.8 Å². The number of benzene rings is 2. The Morgan fingerprint density at radius 2 is 1.88 bits per heavy atom. The molecule has 1 N–H and O–H groups in total. The number of phenolic OH excluding ortho intramolecular Hbond substituents is 1. The van der Waals surface area contributed by atoms with Crippen molar-refractivity contribution in [2.45, 2.75) is 45.6 Å². The Morgan fingerprint density at radius 3 is 2.64 bits per heavy atom. The quantitative estimate of drug-likeness (QED) is 0.515. The molecule has 0 bridgehead atoms. The third-order valence-electron chi connectivity index (χ3n) is 7.79. The molecule has 0 radical (unpaired) electrons. The summed E-state index contributed by atoms with van der Waals surface area (Å²) in [7, 11) is 1.61. The van der Waals surface area contributed by atoms with Crippen LogP contribution in [-0.2, 0) is 14.3 Å². The van der Waals surface area contributed by atoms with Crippen LogP contribution in [0.2, 0.25) is 0 Å². The maximum absolute atomic E-state index is 12.8. The molecule has 3 aliphatic rings. The number of nitrogens with zero attached hydrogens (tertiary/aromatic N) is 1. The van der Waals surface area contributed by atoms with E-state index >= 15 is 0 Å². The van der Waals surface area contributed by atoms with Gasteiger partial charge < -0.3 is 9.84 Å². The van der Waals surface area contributed by atoms with E-state index in [1.165, 1.54) is 21.6 Å². The summed E-state index contributed by atoms with van der Waals surface area (Å²) in [4.78, 5) is 26.7. The molecule has 5 rings (SSSR count). The van der Waals surface area contributed by atoms with Gasteiger partial charge in [0.25, 0.3) is 0 Å². The second-order valence-corrected chi connectivity index (χ2v) is 9.66. The third kappa shape index (κ3) is 3.59. The summed E-state index contributed by atoms with van der Waals surface area (Å²) < 4.78 is 6.25. The van der Waals surface area contributed by atoms with Gasteiger partial charge in [0, 0.05) is 18.4 Å². The van der Waals surface area contributed by atoms with Crippen molar-refractivity contribution in [2.75, 3.05) is 13.7 Å². The Labute approximate surface area is 194 Å². The second kappa shape index (κ2) is 8.45. The van der Waals surface area contributed by atoms with Gasteiger partial charge >= 0.3 is 0 Å². The molecule has 4 atom stereocenters. The minimum absolute atomic E-state index is 0.0135. The fourth-order valence-electron chi connectivity index (χ4n) is 6.10. The number of amides is 2. The molecule has 5 nitrogen and oxygen atoms in total. The van der Waals surface area contributed by atoms with Crippen molar-refractivity contribution >= 4 is 28.7 Å². The van der Waals surface area contributed by atoms with Gasteiger partial charge in [-0.1, -0.05) is 54.5 Å². The lowest BCUT2D eigenvalue weighted by Gasteiger charge is -2.31. The van der Waals surface area contributed by atoms with E-state index in [4.69, 9.17) is 4.74 Å². The molecule has 2 heterocycles. The van der Waals surface area contributed by atoms with Crippen LogP contribution in [0.3, 0.4) is 0 Å². The first-order chi connectivity index (χ1) is 15.9. The van der Waals surface area contributed by atoms with Gasteiger partial charge in [-0.2, -0.15) is 0 Å². The van der Waals surface area contributed by atoms with Gasteiger partial charge in [-0.05, 0) is 55.2 Å². The van der Waals surface area contributed by atoms with Crippen LogP contribution >= 0.6 is 0 Å². The molecular formula is C28H31NO4. The standard InChI is InChI=1S/C28H31NO4/c1-4-17-14-21-26(28(32)29(3)27(21)31)22-15-33-24(25(17)22)12-9-16(2)13-18-10-11-23(30)20-8-6-5-7-19(18)20/h5-8,10-11,13,21-22,24,26,30H,4,9,12,14-15H2,1-3H3/b16-13+/t21-,22+,24-,26-/m1/s1. The highest BCUT2D eigenvalue weighted by Crippen LogP contribution is 2.50. The van der Waals surface area contributed by atoms with Crippen LogP contribution in [-0.4, -0.2) is 41.6 Å². The Bertz CT molecular complexity index is 1190. The smallest absolute Gasteiger partial charge is 0.233 e. The number of ether oxygens (including phenoxy) is 1. The maximum atomic E-state index is 12.8. The molecule has 0 saturated carbocycles. The summed E-state index contributed by atoms with van der Waals surface area (Å²) in [6.45, 7) is 4.80. The Morgan fingerprint density at radius 1 is 1.12 bits per heavy atom. The Hall–Kier alpha value is -2.92. The average molecular weight is 446 g/mol. The normalized spacial score (nSPS) is 27.5. The molecule has 1 aliphatic carbocycles. The summed E-state index contributed by atoms with van der Waals surface area (Å²) >= 11 is 0. The molecular weight excluding hydrogens is 414 g/mol. The summed E-state index contributed by atoms with van der Waals surface area (Å²) in [5.41, 5.74) is 4.94. The van der Waals surface area contributed by atoms with Crippen LogP contribution in [0.25, 0.3) is 16.8 Å². The summed E-state index contributed by atoms with van der Waals surface area (Å²) in [5.74, 6) is -0.197. The lowest BCUT2D eigenvalue weighted by Crippen LogP contribution is -2.33. The Kier molecular flexibility index (Phi) is 5.61. The molecule has 2 aliphatic heterocycles.